The normalized spacial score (nSPS) is 12.7. The second-order valence-corrected chi connectivity index (χ2v) is 5.21. The summed E-state index contributed by atoms with van der Waals surface area (Å²) in [7, 11) is 0.803. The van der Waals surface area contributed by atoms with Gasteiger partial charge in [0.05, 0.1) is 0 Å². The van der Waals surface area contributed by atoms with Crippen LogP contribution in [0.25, 0.3) is 0 Å². The minimum absolute atomic E-state index is 0.531. The average Bonchev–Trinajstić information content (AvgIpc) is 2.22. The van der Waals surface area contributed by atoms with Gasteiger partial charge < -0.3 is 4.74 Å². The maximum Gasteiger partial charge on any atom is 0.0500 e. The fourth-order valence-corrected chi connectivity index (χ4v) is 2.69. The Balaban J connectivity index is 2.41. The first-order valence-electron chi connectivity index (χ1n) is 4.81. The summed E-state index contributed by atoms with van der Waals surface area (Å²) in [6.45, 7) is 0.661. The maximum atomic E-state index is 11.6. The lowest BCUT2D eigenvalue weighted by Crippen LogP contribution is -2.04. The fraction of sp³-hybridized carbons (Fsp3) is 0.455. The SMILES string of the molecule is COCCC[S@](=O)Cc1ccccc1Cl. The van der Waals surface area contributed by atoms with Crippen molar-refractivity contribution in [3.05, 3.63) is 34.9 Å². The number of rotatable bonds is 6. The van der Waals surface area contributed by atoms with Gasteiger partial charge in [0, 0.05) is 41.0 Å². The van der Waals surface area contributed by atoms with Crippen molar-refractivity contribution in [1.82, 2.24) is 0 Å². The Morgan fingerprint density at radius 2 is 2.13 bits per heavy atom. The quantitative estimate of drug-likeness (QED) is 0.722. The third-order valence-electron chi connectivity index (χ3n) is 1.99. The Labute approximate surface area is 98.0 Å². The zero-order chi connectivity index (χ0) is 11.1. The van der Waals surface area contributed by atoms with Crippen molar-refractivity contribution in [3.63, 3.8) is 0 Å². The Kier molecular flexibility index (Phi) is 5.91. The van der Waals surface area contributed by atoms with Gasteiger partial charge >= 0.3 is 0 Å². The molecule has 0 unspecified atom stereocenters. The molecule has 4 heteroatoms. The van der Waals surface area contributed by atoms with E-state index in [2.05, 4.69) is 0 Å². The highest BCUT2D eigenvalue weighted by Crippen LogP contribution is 2.16. The van der Waals surface area contributed by atoms with Crippen molar-refractivity contribution < 1.29 is 8.95 Å². The molecule has 15 heavy (non-hydrogen) atoms. The molecule has 2 nitrogen and oxygen atoms in total. The lowest BCUT2D eigenvalue weighted by atomic mass is 10.2. The van der Waals surface area contributed by atoms with Crippen LogP contribution in [0, 0.1) is 0 Å². The van der Waals surface area contributed by atoms with E-state index in [9.17, 15) is 4.21 Å². The van der Waals surface area contributed by atoms with Gasteiger partial charge in [-0.3, -0.25) is 4.21 Å². The molecule has 0 fully saturated rings. The molecule has 1 atom stereocenters. The highest BCUT2D eigenvalue weighted by Gasteiger charge is 2.04. The second kappa shape index (κ2) is 6.99. The first-order valence-corrected chi connectivity index (χ1v) is 6.68. The van der Waals surface area contributed by atoms with E-state index in [1.165, 1.54) is 0 Å². The van der Waals surface area contributed by atoms with E-state index in [0.29, 0.717) is 23.1 Å². The van der Waals surface area contributed by atoms with Crippen molar-refractivity contribution in [3.8, 4) is 0 Å². The largest absolute Gasteiger partial charge is 0.385 e. The molecule has 0 aliphatic rings. The van der Waals surface area contributed by atoms with Crippen molar-refractivity contribution in [2.45, 2.75) is 12.2 Å². The molecule has 0 bridgehead atoms. The predicted molar refractivity (Wildman–Crippen MR) is 64.7 cm³/mol. The Hall–Kier alpha value is -0.380. The molecule has 1 aromatic carbocycles. The third-order valence-corrected chi connectivity index (χ3v) is 3.74. The number of halogens is 1. The summed E-state index contributed by atoms with van der Waals surface area (Å²) in [5.41, 5.74) is 0.954. The zero-order valence-corrected chi connectivity index (χ0v) is 10.3. The first kappa shape index (κ1) is 12.7. The summed E-state index contributed by atoms with van der Waals surface area (Å²) in [5, 5.41) is 0.692. The molecule has 84 valence electrons. The van der Waals surface area contributed by atoms with Gasteiger partial charge in [0.2, 0.25) is 0 Å². The van der Waals surface area contributed by atoms with Gasteiger partial charge in [-0.1, -0.05) is 29.8 Å². The highest BCUT2D eigenvalue weighted by atomic mass is 35.5. The van der Waals surface area contributed by atoms with Gasteiger partial charge in [0.15, 0.2) is 0 Å². The molecule has 0 heterocycles. The van der Waals surface area contributed by atoms with Gasteiger partial charge in [-0.15, -0.1) is 0 Å². The number of ether oxygens (including phenoxy) is 1. The van der Waals surface area contributed by atoms with Crippen LogP contribution < -0.4 is 0 Å². The molecule has 1 rings (SSSR count). The molecule has 0 aromatic heterocycles. The minimum atomic E-state index is -0.847. The number of hydrogen-bond acceptors (Lipinski definition) is 2. The zero-order valence-electron chi connectivity index (χ0n) is 8.74. The Morgan fingerprint density at radius 1 is 1.40 bits per heavy atom. The summed E-state index contributed by atoms with van der Waals surface area (Å²) in [5.74, 6) is 1.20. The molecule has 1 aromatic rings. The van der Waals surface area contributed by atoms with E-state index < -0.39 is 10.8 Å². The molecule has 0 saturated carbocycles. The molecule has 0 aliphatic carbocycles. The topological polar surface area (TPSA) is 26.3 Å². The van der Waals surface area contributed by atoms with Gasteiger partial charge in [0.25, 0.3) is 0 Å². The smallest absolute Gasteiger partial charge is 0.0500 e. The standard InChI is InChI=1S/C11H15ClO2S/c1-14-7-4-8-15(13)9-10-5-2-3-6-11(10)12/h2-3,5-6H,4,7-9H2,1H3/t15-/m0/s1. The molecular weight excluding hydrogens is 232 g/mol. The van der Waals surface area contributed by atoms with Crippen LogP contribution in [0.2, 0.25) is 5.02 Å². The van der Waals surface area contributed by atoms with Crippen LogP contribution in [-0.4, -0.2) is 23.7 Å². The van der Waals surface area contributed by atoms with Crippen molar-refractivity contribution in [2.75, 3.05) is 19.5 Å². The molecule has 0 aliphatic heterocycles. The fourth-order valence-electron chi connectivity index (χ4n) is 1.23. The number of hydrogen-bond donors (Lipinski definition) is 0. The van der Waals surface area contributed by atoms with Crippen LogP contribution in [0.1, 0.15) is 12.0 Å². The van der Waals surface area contributed by atoms with Crippen LogP contribution in [0.15, 0.2) is 24.3 Å². The molecule has 0 N–H and O–H groups in total. The number of methoxy groups -OCH3 is 1. The van der Waals surface area contributed by atoms with E-state index >= 15 is 0 Å². The van der Waals surface area contributed by atoms with Crippen LogP contribution >= 0.6 is 11.6 Å². The van der Waals surface area contributed by atoms with Crippen LogP contribution in [0.4, 0.5) is 0 Å². The van der Waals surface area contributed by atoms with Gasteiger partial charge in [-0.25, -0.2) is 0 Å². The van der Waals surface area contributed by atoms with Gasteiger partial charge in [-0.05, 0) is 18.1 Å². The van der Waals surface area contributed by atoms with Crippen LogP contribution in [0.3, 0.4) is 0 Å². The summed E-state index contributed by atoms with van der Waals surface area (Å²) < 4.78 is 16.5. The monoisotopic (exact) mass is 246 g/mol. The Bertz CT molecular complexity index is 328. The van der Waals surface area contributed by atoms with Crippen LogP contribution in [0.5, 0.6) is 0 Å². The molecular formula is C11H15ClO2S. The molecule has 0 radical (unpaired) electrons. The highest BCUT2D eigenvalue weighted by molar-refractivity contribution is 7.84. The van der Waals surface area contributed by atoms with E-state index in [1.54, 1.807) is 7.11 Å². The molecule has 0 saturated heterocycles. The summed E-state index contributed by atoms with van der Waals surface area (Å²) in [6, 6.07) is 7.52. The average molecular weight is 247 g/mol. The molecule has 0 amide bonds. The van der Waals surface area contributed by atoms with Gasteiger partial charge in [0.1, 0.15) is 0 Å². The molecule has 0 spiro atoms. The van der Waals surface area contributed by atoms with Gasteiger partial charge in [-0.2, -0.15) is 0 Å². The van der Waals surface area contributed by atoms with E-state index in [1.807, 2.05) is 24.3 Å². The minimum Gasteiger partial charge on any atom is -0.385 e. The first-order chi connectivity index (χ1) is 7.24. The van der Waals surface area contributed by atoms with Crippen LogP contribution in [-0.2, 0) is 21.3 Å². The third kappa shape index (κ3) is 4.78. The van der Waals surface area contributed by atoms with E-state index in [-0.39, 0.29) is 0 Å². The predicted octanol–water partition coefficient (Wildman–Crippen LogP) is 2.63. The van der Waals surface area contributed by atoms with E-state index in [4.69, 9.17) is 16.3 Å². The van der Waals surface area contributed by atoms with E-state index in [0.717, 1.165) is 12.0 Å². The van der Waals surface area contributed by atoms with Crippen molar-refractivity contribution in [2.24, 2.45) is 0 Å². The van der Waals surface area contributed by atoms with Crippen molar-refractivity contribution in [1.29, 1.82) is 0 Å². The second-order valence-electron chi connectivity index (χ2n) is 3.23. The van der Waals surface area contributed by atoms with Crippen molar-refractivity contribution >= 4 is 22.4 Å². The lowest BCUT2D eigenvalue weighted by molar-refractivity contribution is 0.200. The summed E-state index contributed by atoms with van der Waals surface area (Å²) in [4.78, 5) is 0. The Morgan fingerprint density at radius 3 is 2.80 bits per heavy atom. The number of benzene rings is 1. The summed E-state index contributed by atoms with van der Waals surface area (Å²) in [6.07, 6.45) is 0.827. The summed E-state index contributed by atoms with van der Waals surface area (Å²) >= 11 is 5.97. The maximum absolute atomic E-state index is 11.6. The lowest BCUT2D eigenvalue weighted by Gasteiger charge is -2.04.